The minimum absolute atomic E-state index is 0.234. The highest BCUT2D eigenvalue weighted by Crippen LogP contribution is 2.26. The molecule has 0 bridgehead atoms. The number of fused-ring (bicyclic) bond motifs is 1. The van der Waals surface area contributed by atoms with Crippen LogP contribution in [-0.2, 0) is 13.1 Å². The molecule has 120 valence electrons. The van der Waals surface area contributed by atoms with Crippen LogP contribution in [0.15, 0.2) is 60.1 Å². The SMILES string of the molecule is Fc1ccc(-c2[nH]ncc2CNCc2csc3ccccc23)cc1. The first-order valence-corrected chi connectivity index (χ1v) is 8.63. The quantitative estimate of drug-likeness (QED) is 0.553. The van der Waals surface area contributed by atoms with Crippen LogP contribution in [0.4, 0.5) is 4.39 Å². The lowest BCUT2D eigenvalue weighted by molar-refractivity contribution is 0.628. The molecule has 0 unspecified atom stereocenters. The lowest BCUT2D eigenvalue weighted by Crippen LogP contribution is -2.12. The number of rotatable bonds is 5. The Labute approximate surface area is 143 Å². The second-order valence-corrected chi connectivity index (χ2v) is 6.55. The Morgan fingerprint density at radius 3 is 2.67 bits per heavy atom. The lowest BCUT2D eigenvalue weighted by atomic mass is 10.1. The summed E-state index contributed by atoms with van der Waals surface area (Å²) < 4.78 is 14.4. The molecule has 0 atom stereocenters. The summed E-state index contributed by atoms with van der Waals surface area (Å²) in [5.74, 6) is -0.234. The first-order chi connectivity index (χ1) is 11.8. The zero-order chi connectivity index (χ0) is 16.4. The van der Waals surface area contributed by atoms with Crippen molar-refractivity contribution in [2.75, 3.05) is 0 Å². The predicted molar refractivity (Wildman–Crippen MR) is 96.4 cm³/mol. The van der Waals surface area contributed by atoms with E-state index in [1.807, 2.05) is 6.20 Å². The van der Waals surface area contributed by atoms with Crippen LogP contribution in [0, 0.1) is 5.82 Å². The van der Waals surface area contributed by atoms with Crippen LogP contribution in [0.3, 0.4) is 0 Å². The van der Waals surface area contributed by atoms with E-state index in [4.69, 9.17) is 0 Å². The molecule has 0 saturated carbocycles. The lowest BCUT2D eigenvalue weighted by Gasteiger charge is -2.06. The molecule has 0 fully saturated rings. The number of H-pyrrole nitrogens is 1. The van der Waals surface area contributed by atoms with E-state index in [-0.39, 0.29) is 5.82 Å². The van der Waals surface area contributed by atoms with E-state index in [0.717, 1.165) is 23.4 Å². The second kappa shape index (κ2) is 6.55. The van der Waals surface area contributed by atoms with Gasteiger partial charge in [-0.1, -0.05) is 18.2 Å². The van der Waals surface area contributed by atoms with Gasteiger partial charge in [-0.25, -0.2) is 4.39 Å². The van der Waals surface area contributed by atoms with Gasteiger partial charge < -0.3 is 5.32 Å². The van der Waals surface area contributed by atoms with E-state index in [0.29, 0.717) is 6.54 Å². The van der Waals surface area contributed by atoms with Gasteiger partial charge in [0.05, 0.1) is 11.9 Å². The minimum atomic E-state index is -0.234. The first kappa shape index (κ1) is 15.1. The summed E-state index contributed by atoms with van der Waals surface area (Å²) in [4.78, 5) is 0. The summed E-state index contributed by atoms with van der Waals surface area (Å²) in [6.45, 7) is 1.51. The Morgan fingerprint density at radius 2 is 1.79 bits per heavy atom. The number of benzene rings is 2. The number of nitrogens with zero attached hydrogens (tertiary/aromatic N) is 1. The maximum Gasteiger partial charge on any atom is 0.123 e. The Morgan fingerprint density at radius 1 is 1.00 bits per heavy atom. The molecule has 2 heterocycles. The van der Waals surface area contributed by atoms with Crippen molar-refractivity contribution in [3.8, 4) is 11.3 Å². The molecule has 3 nitrogen and oxygen atoms in total. The highest BCUT2D eigenvalue weighted by atomic mass is 32.1. The fourth-order valence-corrected chi connectivity index (χ4v) is 3.78. The average molecular weight is 337 g/mol. The zero-order valence-electron chi connectivity index (χ0n) is 12.9. The number of halogens is 1. The minimum Gasteiger partial charge on any atom is -0.308 e. The van der Waals surface area contributed by atoms with Crippen molar-refractivity contribution >= 4 is 21.4 Å². The van der Waals surface area contributed by atoms with E-state index >= 15 is 0 Å². The molecule has 4 aromatic rings. The molecule has 0 aliphatic heterocycles. The Balaban J connectivity index is 1.47. The third-order valence-corrected chi connectivity index (χ3v) is 5.06. The maximum atomic E-state index is 13.1. The molecule has 2 aromatic carbocycles. The van der Waals surface area contributed by atoms with Gasteiger partial charge in [0, 0.05) is 28.9 Å². The van der Waals surface area contributed by atoms with Crippen molar-refractivity contribution in [3.05, 3.63) is 77.1 Å². The van der Waals surface area contributed by atoms with Gasteiger partial charge in [0.2, 0.25) is 0 Å². The van der Waals surface area contributed by atoms with Gasteiger partial charge >= 0.3 is 0 Å². The number of aromatic amines is 1. The summed E-state index contributed by atoms with van der Waals surface area (Å²) in [6, 6.07) is 14.9. The fourth-order valence-electron chi connectivity index (χ4n) is 2.81. The summed E-state index contributed by atoms with van der Waals surface area (Å²) >= 11 is 1.77. The molecule has 0 aliphatic carbocycles. The largest absolute Gasteiger partial charge is 0.308 e. The van der Waals surface area contributed by atoms with Crippen molar-refractivity contribution in [1.82, 2.24) is 15.5 Å². The maximum absolute atomic E-state index is 13.1. The van der Waals surface area contributed by atoms with Crippen LogP contribution in [0.2, 0.25) is 0 Å². The number of aromatic nitrogens is 2. The van der Waals surface area contributed by atoms with Gasteiger partial charge in [0.25, 0.3) is 0 Å². The molecule has 0 amide bonds. The fraction of sp³-hybridized carbons (Fsp3) is 0.105. The van der Waals surface area contributed by atoms with Crippen molar-refractivity contribution in [3.63, 3.8) is 0 Å². The number of hydrogen-bond acceptors (Lipinski definition) is 3. The Hall–Kier alpha value is -2.50. The number of hydrogen-bond donors (Lipinski definition) is 2. The number of nitrogens with one attached hydrogen (secondary N) is 2. The van der Waals surface area contributed by atoms with Crippen LogP contribution >= 0.6 is 11.3 Å². The highest BCUT2D eigenvalue weighted by Gasteiger charge is 2.08. The van der Waals surface area contributed by atoms with Crippen molar-refractivity contribution < 1.29 is 4.39 Å². The monoisotopic (exact) mass is 337 g/mol. The Bertz CT molecular complexity index is 956. The highest BCUT2D eigenvalue weighted by molar-refractivity contribution is 7.17. The van der Waals surface area contributed by atoms with Crippen molar-refractivity contribution in [2.24, 2.45) is 0 Å². The summed E-state index contributed by atoms with van der Waals surface area (Å²) in [5.41, 5.74) is 4.24. The molecule has 5 heteroatoms. The molecule has 0 aliphatic rings. The molecular formula is C19H16FN3S. The summed E-state index contributed by atoms with van der Waals surface area (Å²) in [5, 5.41) is 14.1. The van der Waals surface area contributed by atoms with E-state index in [2.05, 4.69) is 45.2 Å². The van der Waals surface area contributed by atoms with E-state index in [9.17, 15) is 4.39 Å². The average Bonchev–Trinajstić information content (AvgIpc) is 3.23. The smallest absolute Gasteiger partial charge is 0.123 e. The van der Waals surface area contributed by atoms with Crippen LogP contribution in [0.1, 0.15) is 11.1 Å². The molecule has 2 aromatic heterocycles. The van der Waals surface area contributed by atoms with Gasteiger partial charge in [-0.05, 0) is 46.7 Å². The molecule has 24 heavy (non-hydrogen) atoms. The van der Waals surface area contributed by atoms with Gasteiger partial charge in [0.1, 0.15) is 5.82 Å². The normalized spacial score (nSPS) is 11.2. The van der Waals surface area contributed by atoms with E-state index in [1.54, 1.807) is 23.5 Å². The van der Waals surface area contributed by atoms with Gasteiger partial charge in [-0.3, -0.25) is 5.10 Å². The molecule has 0 spiro atoms. The Kier molecular flexibility index (Phi) is 4.11. The summed E-state index contributed by atoms with van der Waals surface area (Å²) in [6.07, 6.45) is 1.82. The topological polar surface area (TPSA) is 40.7 Å². The van der Waals surface area contributed by atoms with E-state index in [1.165, 1.54) is 27.8 Å². The van der Waals surface area contributed by atoms with Crippen LogP contribution < -0.4 is 5.32 Å². The van der Waals surface area contributed by atoms with Crippen LogP contribution in [0.5, 0.6) is 0 Å². The van der Waals surface area contributed by atoms with Gasteiger partial charge in [-0.15, -0.1) is 11.3 Å². The molecule has 0 radical (unpaired) electrons. The molecule has 0 saturated heterocycles. The van der Waals surface area contributed by atoms with E-state index < -0.39 is 0 Å². The number of thiophene rings is 1. The second-order valence-electron chi connectivity index (χ2n) is 5.64. The van der Waals surface area contributed by atoms with Crippen LogP contribution in [0.25, 0.3) is 21.3 Å². The third kappa shape index (κ3) is 2.96. The summed E-state index contributed by atoms with van der Waals surface area (Å²) in [7, 11) is 0. The molecular weight excluding hydrogens is 321 g/mol. The van der Waals surface area contributed by atoms with Gasteiger partial charge in [0.15, 0.2) is 0 Å². The first-order valence-electron chi connectivity index (χ1n) is 7.75. The standard InChI is InChI=1S/C19H16FN3S/c20-16-7-5-13(6-8-16)19-14(11-22-23-19)9-21-10-15-12-24-18-4-2-1-3-17(15)18/h1-8,11-12,21H,9-10H2,(H,22,23). The van der Waals surface area contributed by atoms with Crippen LogP contribution in [-0.4, -0.2) is 10.2 Å². The predicted octanol–water partition coefficient (Wildman–Crippen LogP) is 4.72. The molecule has 4 rings (SSSR count). The van der Waals surface area contributed by atoms with Gasteiger partial charge in [-0.2, -0.15) is 5.10 Å². The third-order valence-electron chi connectivity index (χ3n) is 4.04. The zero-order valence-corrected chi connectivity index (χ0v) is 13.7. The molecule has 2 N–H and O–H groups in total. The van der Waals surface area contributed by atoms with Crippen molar-refractivity contribution in [2.45, 2.75) is 13.1 Å². The van der Waals surface area contributed by atoms with Crippen molar-refractivity contribution in [1.29, 1.82) is 0 Å².